The summed E-state index contributed by atoms with van der Waals surface area (Å²) in [5, 5.41) is 2.96. The molecule has 0 atom stereocenters. The predicted molar refractivity (Wildman–Crippen MR) is 67.7 cm³/mol. The maximum absolute atomic E-state index is 11.8. The summed E-state index contributed by atoms with van der Waals surface area (Å²) in [6, 6.07) is 7.69. The zero-order valence-corrected chi connectivity index (χ0v) is 10.3. The van der Waals surface area contributed by atoms with Gasteiger partial charge in [-0.05, 0) is 25.0 Å². The van der Waals surface area contributed by atoms with Gasteiger partial charge in [-0.25, -0.2) is 0 Å². The van der Waals surface area contributed by atoms with E-state index < -0.39 is 0 Å². The first-order valence-corrected chi connectivity index (χ1v) is 6.09. The molecule has 16 heavy (non-hydrogen) atoms. The Labute approximate surface area is 98.1 Å². The summed E-state index contributed by atoms with van der Waals surface area (Å²) in [5.74, 6) is 0.0506. The minimum Gasteiger partial charge on any atom is -0.352 e. The van der Waals surface area contributed by atoms with Gasteiger partial charge in [0.1, 0.15) is 0 Å². The number of nitrogens with one attached hydrogen (secondary N) is 1. The maximum atomic E-state index is 11.8. The molecule has 0 saturated carbocycles. The van der Waals surface area contributed by atoms with Crippen molar-refractivity contribution < 1.29 is 4.79 Å². The first-order chi connectivity index (χ1) is 7.75. The molecule has 2 nitrogen and oxygen atoms in total. The molecule has 0 spiro atoms. The molecule has 0 aromatic heterocycles. The molecule has 0 heterocycles. The molecule has 0 bridgehead atoms. The summed E-state index contributed by atoms with van der Waals surface area (Å²) >= 11 is 0. The highest BCUT2D eigenvalue weighted by Crippen LogP contribution is 2.06. The second-order valence-electron chi connectivity index (χ2n) is 4.13. The predicted octanol–water partition coefficient (Wildman–Crippen LogP) is 3.31. The van der Waals surface area contributed by atoms with Crippen molar-refractivity contribution >= 4 is 5.91 Å². The number of amides is 1. The van der Waals surface area contributed by atoms with Crippen LogP contribution in [0, 0.1) is 6.92 Å². The van der Waals surface area contributed by atoms with Crippen LogP contribution in [0.2, 0.25) is 0 Å². The van der Waals surface area contributed by atoms with Crippen LogP contribution in [0.5, 0.6) is 0 Å². The van der Waals surface area contributed by atoms with E-state index in [0.29, 0.717) is 0 Å². The van der Waals surface area contributed by atoms with E-state index in [-0.39, 0.29) is 5.91 Å². The molecule has 0 aliphatic carbocycles. The van der Waals surface area contributed by atoms with Crippen LogP contribution in [0.15, 0.2) is 24.3 Å². The Morgan fingerprint density at radius 1 is 1.19 bits per heavy atom. The Morgan fingerprint density at radius 3 is 2.62 bits per heavy atom. The first kappa shape index (κ1) is 12.8. The van der Waals surface area contributed by atoms with Crippen molar-refractivity contribution in [1.29, 1.82) is 0 Å². The normalized spacial score (nSPS) is 10.1. The highest BCUT2D eigenvalue weighted by molar-refractivity contribution is 5.95. The van der Waals surface area contributed by atoms with Gasteiger partial charge in [0.25, 0.3) is 5.91 Å². The summed E-state index contributed by atoms with van der Waals surface area (Å²) in [6.45, 7) is 4.94. The van der Waals surface area contributed by atoms with Crippen molar-refractivity contribution in [2.75, 3.05) is 6.54 Å². The van der Waals surface area contributed by atoms with Crippen LogP contribution in [0.25, 0.3) is 0 Å². The lowest BCUT2D eigenvalue weighted by atomic mass is 10.1. The smallest absolute Gasteiger partial charge is 0.251 e. The molecule has 0 fully saturated rings. The first-order valence-electron chi connectivity index (χ1n) is 6.09. The van der Waals surface area contributed by atoms with Gasteiger partial charge in [0.2, 0.25) is 0 Å². The number of carbonyl (C=O) groups is 1. The Hall–Kier alpha value is -1.31. The van der Waals surface area contributed by atoms with Crippen LogP contribution in [0.3, 0.4) is 0 Å². The van der Waals surface area contributed by atoms with Crippen molar-refractivity contribution in [3.63, 3.8) is 0 Å². The molecular weight excluding hydrogens is 198 g/mol. The fourth-order valence-electron chi connectivity index (χ4n) is 1.68. The number of aryl methyl sites for hydroxylation is 1. The molecule has 1 N–H and O–H groups in total. The Balaban J connectivity index is 2.33. The van der Waals surface area contributed by atoms with Gasteiger partial charge in [-0.1, -0.05) is 44.4 Å². The van der Waals surface area contributed by atoms with Crippen LogP contribution < -0.4 is 5.32 Å². The third-order valence-electron chi connectivity index (χ3n) is 2.71. The van der Waals surface area contributed by atoms with E-state index in [1.54, 1.807) is 0 Å². The average molecular weight is 219 g/mol. The molecule has 1 aromatic carbocycles. The van der Waals surface area contributed by atoms with Gasteiger partial charge in [0.15, 0.2) is 0 Å². The zero-order chi connectivity index (χ0) is 11.8. The topological polar surface area (TPSA) is 29.1 Å². The molecule has 0 radical (unpaired) electrons. The van der Waals surface area contributed by atoms with E-state index in [4.69, 9.17) is 0 Å². The highest BCUT2D eigenvalue weighted by Gasteiger charge is 2.06. The van der Waals surface area contributed by atoms with Crippen molar-refractivity contribution in [1.82, 2.24) is 5.32 Å². The molecule has 1 rings (SSSR count). The molecule has 0 aliphatic rings. The van der Waals surface area contributed by atoms with Gasteiger partial charge in [0, 0.05) is 12.1 Å². The van der Waals surface area contributed by atoms with Crippen molar-refractivity contribution in [2.24, 2.45) is 0 Å². The van der Waals surface area contributed by atoms with Crippen LogP contribution in [0.1, 0.15) is 48.5 Å². The summed E-state index contributed by atoms with van der Waals surface area (Å²) in [5.41, 5.74) is 1.83. The maximum Gasteiger partial charge on any atom is 0.251 e. The highest BCUT2D eigenvalue weighted by atomic mass is 16.1. The second-order valence-corrected chi connectivity index (χ2v) is 4.13. The second kappa shape index (κ2) is 7.04. The van der Waals surface area contributed by atoms with E-state index in [2.05, 4.69) is 12.2 Å². The molecule has 0 saturated heterocycles. The summed E-state index contributed by atoms with van der Waals surface area (Å²) in [7, 11) is 0. The van der Waals surface area contributed by atoms with Crippen molar-refractivity contribution in [3.8, 4) is 0 Å². The fourth-order valence-corrected chi connectivity index (χ4v) is 1.68. The number of carbonyl (C=O) groups excluding carboxylic acids is 1. The summed E-state index contributed by atoms with van der Waals surface area (Å²) in [6.07, 6.45) is 4.75. The van der Waals surface area contributed by atoms with Crippen LogP contribution in [-0.2, 0) is 0 Å². The van der Waals surface area contributed by atoms with E-state index >= 15 is 0 Å². The van der Waals surface area contributed by atoms with Gasteiger partial charge in [-0.15, -0.1) is 0 Å². The van der Waals surface area contributed by atoms with Gasteiger partial charge >= 0.3 is 0 Å². The fraction of sp³-hybridized carbons (Fsp3) is 0.500. The van der Waals surface area contributed by atoms with E-state index in [1.807, 2.05) is 31.2 Å². The molecule has 0 aliphatic heterocycles. The minimum absolute atomic E-state index is 0.0506. The van der Waals surface area contributed by atoms with Gasteiger partial charge in [-0.2, -0.15) is 0 Å². The molecule has 88 valence electrons. The lowest BCUT2D eigenvalue weighted by molar-refractivity contribution is 0.0952. The quantitative estimate of drug-likeness (QED) is 0.731. The van der Waals surface area contributed by atoms with E-state index in [0.717, 1.165) is 24.1 Å². The van der Waals surface area contributed by atoms with Crippen LogP contribution in [-0.4, -0.2) is 12.5 Å². The average Bonchev–Trinajstić information content (AvgIpc) is 2.29. The number of hydrogen-bond donors (Lipinski definition) is 1. The number of benzene rings is 1. The molecule has 2 heteroatoms. The monoisotopic (exact) mass is 219 g/mol. The van der Waals surface area contributed by atoms with Crippen LogP contribution >= 0.6 is 0 Å². The summed E-state index contributed by atoms with van der Waals surface area (Å²) < 4.78 is 0. The number of hydrogen-bond acceptors (Lipinski definition) is 1. The van der Waals surface area contributed by atoms with Crippen molar-refractivity contribution in [2.45, 2.75) is 39.5 Å². The minimum atomic E-state index is 0.0506. The summed E-state index contributed by atoms with van der Waals surface area (Å²) in [4.78, 5) is 11.8. The SMILES string of the molecule is CCCCCCNC(=O)c1ccccc1C. The molecule has 1 amide bonds. The Bertz CT molecular complexity index is 333. The third-order valence-corrected chi connectivity index (χ3v) is 2.71. The zero-order valence-electron chi connectivity index (χ0n) is 10.3. The molecule has 0 unspecified atom stereocenters. The standard InChI is InChI=1S/C14H21NO/c1-3-4-5-8-11-15-14(16)13-10-7-6-9-12(13)2/h6-7,9-10H,3-5,8,11H2,1-2H3,(H,15,16). The van der Waals surface area contributed by atoms with Crippen LogP contribution in [0.4, 0.5) is 0 Å². The van der Waals surface area contributed by atoms with Crippen molar-refractivity contribution in [3.05, 3.63) is 35.4 Å². The van der Waals surface area contributed by atoms with Gasteiger partial charge < -0.3 is 5.32 Å². The number of rotatable bonds is 6. The van der Waals surface area contributed by atoms with Gasteiger partial charge in [-0.3, -0.25) is 4.79 Å². The lowest BCUT2D eigenvalue weighted by Gasteiger charge is -2.07. The molecule has 1 aromatic rings. The third kappa shape index (κ3) is 4.05. The number of unbranched alkanes of at least 4 members (excludes halogenated alkanes) is 3. The van der Waals surface area contributed by atoms with E-state index in [9.17, 15) is 4.79 Å². The Kier molecular flexibility index (Phi) is 5.62. The largest absolute Gasteiger partial charge is 0.352 e. The lowest BCUT2D eigenvalue weighted by Crippen LogP contribution is -2.25. The van der Waals surface area contributed by atoms with E-state index in [1.165, 1.54) is 19.3 Å². The Morgan fingerprint density at radius 2 is 1.94 bits per heavy atom. The van der Waals surface area contributed by atoms with Gasteiger partial charge in [0.05, 0.1) is 0 Å². The molecular formula is C14H21NO.